The zero-order valence-electron chi connectivity index (χ0n) is 15.9. The molecule has 0 saturated carbocycles. The second-order valence-electron chi connectivity index (χ2n) is 8.14. The van der Waals surface area contributed by atoms with Crippen molar-refractivity contribution in [2.24, 2.45) is 11.8 Å². The van der Waals surface area contributed by atoms with E-state index in [0.717, 1.165) is 0 Å². The minimum absolute atomic E-state index is 0.628. The lowest BCUT2D eigenvalue weighted by Gasteiger charge is -2.19. The summed E-state index contributed by atoms with van der Waals surface area (Å²) in [5, 5.41) is 0. The molecule has 2 aromatic rings. The molecule has 2 aromatic carbocycles. The third kappa shape index (κ3) is 2.05. The van der Waals surface area contributed by atoms with E-state index in [9.17, 15) is 0 Å². The van der Waals surface area contributed by atoms with Crippen molar-refractivity contribution in [2.45, 2.75) is 54.4 Å². The van der Waals surface area contributed by atoms with Gasteiger partial charge in [0, 0.05) is 0 Å². The Morgan fingerprint density at radius 2 is 0.917 bits per heavy atom. The van der Waals surface area contributed by atoms with Crippen LogP contribution in [0, 0.1) is 39.5 Å². The van der Waals surface area contributed by atoms with Gasteiger partial charge in [0.25, 0.3) is 0 Å². The summed E-state index contributed by atoms with van der Waals surface area (Å²) in [4.78, 5) is 0. The maximum Gasteiger partial charge on any atom is -0.0140 e. The number of allylic oxidation sites excluding steroid dienone is 2. The molecule has 0 heteroatoms. The fraction of sp³-hybridized carbons (Fsp3) is 0.417. The van der Waals surface area contributed by atoms with Gasteiger partial charge in [-0.25, -0.2) is 0 Å². The molecule has 0 saturated heterocycles. The maximum atomic E-state index is 2.43. The van der Waals surface area contributed by atoms with Gasteiger partial charge in [-0.15, -0.1) is 0 Å². The van der Waals surface area contributed by atoms with Gasteiger partial charge in [0.05, 0.1) is 0 Å². The van der Waals surface area contributed by atoms with Crippen molar-refractivity contribution in [1.82, 2.24) is 0 Å². The van der Waals surface area contributed by atoms with E-state index in [1.54, 1.807) is 33.4 Å². The smallest absolute Gasteiger partial charge is 0.0140 e. The Hall–Kier alpha value is -1.82. The highest BCUT2D eigenvalue weighted by atomic mass is 14.4. The Labute approximate surface area is 146 Å². The van der Waals surface area contributed by atoms with E-state index in [2.05, 4.69) is 65.8 Å². The molecule has 0 aliphatic heterocycles. The first-order chi connectivity index (χ1) is 11.4. The summed E-state index contributed by atoms with van der Waals surface area (Å²) in [6, 6.07) is 9.23. The lowest BCUT2D eigenvalue weighted by Crippen LogP contribution is -2.01. The molecule has 0 nitrogen and oxygen atoms in total. The number of fused-ring (bicyclic) bond motifs is 2. The van der Waals surface area contributed by atoms with Crippen LogP contribution < -0.4 is 0 Å². The minimum atomic E-state index is 0.628. The Balaban J connectivity index is 2.08. The first-order valence-corrected chi connectivity index (χ1v) is 9.33. The molecule has 0 fully saturated rings. The second kappa shape index (κ2) is 5.34. The van der Waals surface area contributed by atoms with Gasteiger partial charge in [-0.05, 0) is 108 Å². The van der Waals surface area contributed by atoms with Crippen LogP contribution in [0.1, 0.15) is 58.4 Å². The van der Waals surface area contributed by atoms with Crippen molar-refractivity contribution < 1.29 is 0 Å². The Morgan fingerprint density at radius 1 is 0.583 bits per heavy atom. The monoisotopic (exact) mass is 316 g/mol. The van der Waals surface area contributed by atoms with E-state index < -0.39 is 0 Å². The first-order valence-electron chi connectivity index (χ1n) is 9.33. The molecule has 2 aliphatic rings. The first kappa shape index (κ1) is 15.7. The van der Waals surface area contributed by atoms with E-state index in [1.807, 2.05) is 0 Å². The molecule has 0 bridgehead atoms. The number of aryl methyl sites for hydroxylation is 4. The Kier molecular flexibility index (Phi) is 3.49. The third-order valence-corrected chi connectivity index (χ3v) is 6.35. The molecule has 0 heterocycles. The predicted molar refractivity (Wildman–Crippen MR) is 104 cm³/mol. The highest BCUT2D eigenvalue weighted by Crippen LogP contribution is 2.51. The number of rotatable bonds is 0. The fourth-order valence-corrected chi connectivity index (χ4v) is 5.12. The van der Waals surface area contributed by atoms with Crippen LogP contribution in [0.5, 0.6) is 0 Å². The topological polar surface area (TPSA) is 0 Å². The van der Waals surface area contributed by atoms with E-state index >= 15 is 0 Å². The summed E-state index contributed by atoms with van der Waals surface area (Å²) in [6.07, 6.45) is 2.41. The van der Waals surface area contributed by atoms with Crippen LogP contribution in [0.3, 0.4) is 0 Å². The minimum Gasteiger partial charge on any atom is -0.0587 e. The van der Waals surface area contributed by atoms with Crippen LogP contribution in [-0.4, -0.2) is 0 Å². The molecule has 2 atom stereocenters. The Morgan fingerprint density at radius 3 is 1.29 bits per heavy atom. The van der Waals surface area contributed by atoms with Crippen LogP contribution in [0.15, 0.2) is 24.3 Å². The number of hydrogen-bond acceptors (Lipinski definition) is 0. The van der Waals surface area contributed by atoms with E-state index in [1.165, 1.54) is 35.1 Å². The summed E-state index contributed by atoms with van der Waals surface area (Å²) >= 11 is 0. The predicted octanol–water partition coefficient (Wildman–Crippen LogP) is 6.22. The van der Waals surface area contributed by atoms with Crippen LogP contribution in [0.25, 0.3) is 11.1 Å². The zero-order chi connectivity index (χ0) is 17.2. The molecule has 124 valence electrons. The standard InChI is InChI=1S/C24H28/c1-13-7-9-15(3)21-19(13)11-17(5)23(21)24-18(6)12-20-14(2)8-10-16(4)22(20)24/h7-10,17-18H,11-12H2,1-6H3/b24-23+/t17-,18-/m1/s1. The van der Waals surface area contributed by atoms with Gasteiger partial charge in [-0.3, -0.25) is 0 Å². The lowest BCUT2D eigenvalue weighted by molar-refractivity contribution is 0.751. The lowest BCUT2D eigenvalue weighted by atomic mass is 9.85. The van der Waals surface area contributed by atoms with Crippen molar-refractivity contribution in [3.8, 4) is 0 Å². The molecule has 0 spiro atoms. The van der Waals surface area contributed by atoms with Gasteiger partial charge in [-0.2, -0.15) is 0 Å². The molecule has 4 rings (SSSR count). The summed E-state index contributed by atoms with van der Waals surface area (Å²) in [5.41, 5.74) is 15.4. The zero-order valence-corrected chi connectivity index (χ0v) is 15.9. The molecule has 0 radical (unpaired) electrons. The van der Waals surface area contributed by atoms with Gasteiger partial charge in [0.1, 0.15) is 0 Å². The van der Waals surface area contributed by atoms with Gasteiger partial charge in [-0.1, -0.05) is 38.1 Å². The molecule has 24 heavy (non-hydrogen) atoms. The van der Waals surface area contributed by atoms with Gasteiger partial charge in [0.2, 0.25) is 0 Å². The average molecular weight is 316 g/mol. The second-order valence-corrected chi connectivity index (χ2v) is 8.14. The van der Waals surface area contributed by atoms with Crippen molar-refractivity contribution in [2.75, 3.05) is 0 Å². The number of benzene rings is 2. The molecule has 2 aliphatic carbocycles. The van der Waals surface area contributed by atoms with E-state index in [4.69, 9.17) is 0 Å². The normalized spacial score (nSPS) is 25.1. The van der Waals surface area contributed by atoms with Crippen molar-refractivity contribution >= 4 is 11.1 Å². The van der Waals surface area contributed by atoms with E-state index in [0.29, 0.717) is 11.8 Å². The maximum absolute atomic E-state index is 2.43. The molecule has 0 aromatic heterocycles. The van der Waals surface area contributed by atoms with E-state index in [-0.39, 0.29) is 0 Å². The molecule has 0 N–H and O–H groups in total. The van der Waals surface area contributed by atoms with Crippen LogP contribution in [-0.2, 0) is 12.8 Å². The van der Waals surface area contributed by atoms with Crippen molar-refractivity contribution in [3.05, 3.63) is 68.8 Å². The molecular formula is C24H28. The van der Waals surface area contributed by atoms with Crippen LogP contribution in [0.2, 0.25) is 0 Å². The highest BCUT2D eigenvalue weighted by molar-refractivity contribution is 5.99. The number of hydrogen-bond donors (Lipinski definition) is 0. The molecular weight excluding hydrogens is 288 g/mol. The quantitative estimate of drug-likeness (QED) is 0.541. The molecule has 0 amide bonds. The van der Waals surface area contributed by atoms with Gasteiger partial charge < -0.3 is 0 Å². The SMILES string of the molecule is Cc1ccc(C)c2c1C[C@@H](C)/C2=C1\c2c(C)ccc(C)c2C[C@H]1C. The van der Waals surface area contributed by atoms with Crippen LogP contribution in [0.4, 0.5) is 0 Å². The third-order valence-electron chi connectivity index (χ3n) is 6.35. The fourth-order valence-electron chi connectivity index (χ4n) is 5.12. The summed E-state index contributed by atoms with van der Waals surface area (Å²) in [7, 11) is 0. The van der Waals surface area contributed by atoms with Gasteiger partial charge >= 0.3 is 0 Å². The Bertz CT molecular complexity index is 806. The highest BCUT2D eigenvalue weighted by Gasteiger charge is 2.35. The summed E-state index contributed by atoms with van der Waals surface area (Å²) in [6.45, 7) is 14.0. The average Bonchev–Trinajstić information content (AvgIpc) is 3.05. The molecule has 0 unspecified atom stereocenters. The summed E-state index contributed by atoms with van der Waals surface area (Å²) < 4.78 is 0. The van der Waals surface area contributed by atoms with Crippen LogP contribution >= 0.6 is 0 Å². The summed E-state index contributed by atoms with van der Waals surface area (Å²) in [5.74, 6) is 1.26. The van der Waals surface area contributed by atoms with Crippen molar-refractivity contribution in [3.63, 3.8) is 0 Å². The van der Waals surface area contributed by atoms with Crippen molar-refractivity contribution in [1.29, 1.82) is 0 Å². The largest absolute Gasteiger partial charge is 0.0587 e. The van der Waals surface area contributed by atoms with Gasteiger partial charge in [0.15, 0.2) is 0 Å².